The lowest BCUT2D eigenvalue weighted by Crippen LogP contribution is -2.20. The fourth-order valence-corrected chi connectivity index (χ4v) is 2.37. The van der Waals surface area contributed by atoms with Crippen molar-refractivity contribution >= 4 is 17.3 Å². The van der Waals surface area contributed by atoms with Crippen LogP contribution < -0.4 is 19.7 Å². The standard InChI is InChI=1S/C20H21N3O3/c1-4-23(17-8-6-5-7-9-17)14-15(13-21)20(24)22-16-10-11-18(25-2)19(12-16)26-3/h5-12,14H,4H2,1-3H3,(H,22,24)/b15-14-. The second-order valence-corrected chi connectivity index (χ2v) is 5.30. The minimum Gasteiger partial charge on any atom is -0.493 e. The van der Waals surface area contributed by atoms with Gasteiger partial charge in [0.1, 0.15) is 11.6 Å². The largest absolute Gasteiger partial charge is 0.493 e. The van der Waals surface area contributed by atoms with Crippen molar-refractivity contribution in [3.05, 3.63) is 60.3 Å². The summed E-state index contributed by atoms with van der Waals surface area (Å²) < 4.78 is 10.4. The van der Waals surface area contributed by atoms with Crippen LogP contribution in [0.25, 0.3) is 0 Å². The maximum Gasteiger partial charge on any atom is 0.267 e. The normalized spacial score (nSPS) is 10.6. The SMILES string of the molecule is CCN(/C=C(/C#N)C(=O)Nc1ccc(OC)c(OC)c1)c1ccccc1. The molecule has 0 aromatic heterocycles. The number of carbonyl (C=O) groups is 1. The van der Waals surface area contributed by atoms with E-state index in [1.807, 2.05) is 48.2 Å². The number of nitrogens with zero attached hydrogens (tertiary/aromatic N) is 2. The highest BCUT2D eigenvalue weighted by atomic mass is 16.5. The maximum atomic E-state index is 12.5. The molecule has 0 aliphatic carbocycles. The zero-order valence-corrected chi connectivity index (χ0v) is 15.0. The summed E-state index contributed by atoms with van der Waals surface area (Å²) in [5, 5.41) is 12.1. The van der Waals surface area contributed by atoms with Crippen molar-refractivity contribution in [2.75, 3.05) is 31.0 Å². The summed E-state index contributed by atoms with van der Waals surface area (Å²) in [6, 6.07) is 16.5. The van der Waals surface area contributed by atoms with Crippen LogP contribution in [-0.4, -0.2) is 26.7 Å². The monoisotopic (exact) mass is 351 g/mol. The molecule has 26 heavy (non-hydrogen) atoms. The number of ether oxygens (including phenoxy) is 2. The van der Waals surface area contributed by atoms with Crippen LogP contribution in [0.3, 0.4) is 0 Å². The molecule has 6 heteroatoms. The number of anilines is 2. The number of carbonyl (C=O) groups excluding carboxylic acids is 1. The Morgan fingerprint density at radius 1 is 1.15 bits per heavy atom. The fraction of sp³-hybridized carbons (Fsp3) is 0.200. The van der Waals surface area contributed by atoms with Gasteiger partial charge in [0.15, 0.2) is 11.5 Å². The first-order valence-corrected chi connectivity index (χ1v) is 8.10. The molecule has 134 valence electrons. The Bertz CT molecular complexity index is 826. The Kier molecular flexibility index (Phi) is 6.63. The van der Waals surface area contributed by atoms with E-state index >= 15 is 0 Å². The van der Waals surface area contributed by atoms with Crippen LogP contribution in [0.2, 0.25) is 0 Å². The Hall–Kier alpha value is -3.46. The van der Waals surface area contributed by atoms with Crippen molar-refractivity contribution in [1.82, 2.24) is 0 Å². The average Bonchev–Trinajstić information content (AvgIpc) is 2.69. The number of nitriles is 1. The van der Waals surface area contributed by atoms with Crippen LogP contribution in [0.5, 0.6) is 11.5 Å². The van der Waals surface area contributed by atoms with Crippen molar-refractivity contribution in [3.63, 3.8) is 0 Å². The van der Waals surface area contributed by atoms with E-state index in [0.717, 1.165) is 5.69 Å². The van der Waals surface area contributed by atoms with Crippen molar-refractivity contribution in [1.29, 1.82) is 5.26 Å². The van der Waals surface area contributed by atoms with Crippen molar-refractivity contribution in [3.8, 4) is 17.6 Å². The number of nitrogens with one attached hydrogen (secondary N) is 1. The van der Waals surface area contributed by atoms with E-state index in [4.69, 9.17) is 9.47 Å². The topological polar surface area (TPSA) is 74.6 Å². The zero-order chi connectivity index (χ0) is 18.9. The van der Waals surface area contributed by atoms with E-state index in [1.54, 1.807) is 24.4 Å². The molecule has 6 nitrogen and oxygen atoms in total. The van der Waals surface area contributed by atoms with Gasteiger partial charge in [0.2, 0.25) is 0 Å². The fourth-order valence-electron chi connectivity index (χ4n) is 2.37. The predicted molar refractivity (Wildman–Crippen MR) is 101 cm³/mol. The molecular weight excluding hydrogens is 330 g/mol. The van der Waals surface area contributed by atoms with Gasteiger partial charge in [-0.3, -0.25) is 4.79 Å². The molecule has 0 heterocycles. The van der Waals surface area contributed by atoms with E-state index in [-0.39, 0.29) is 5.57 Å². The molecule has 0 radical (unpaired) electrons. The van der Waals surface area contributed by atoms with Gasteiger partial charge in [-0.25, -0.2) is 0 Å². The molecule has 2 aromatic rings. The molecule has 2 aromatic carbocycles. The molecule has 0 unspecified atom stereocenters. The molecule has 1 N–H and O–H groups in total. The van der Waals surface area contributed by atoms with Gasteiger partial charge in [-0.1, -0.05) is 18.2 Å². The number of methoxy groups -OCH3 is 2. The summed E-state index contributed by atoms with van der Waals surface area (Å²) in [6.07, 6.45) is 1.55. The minimum atomic E-state index is -0.492. The second-order valence-electron chi connectivity index (χ2n) is 5.30. The van der Waals surface area contributed by atoms with Crippen LogP contribution in [-0.2, 0) is 4.79 Å². The lowest BCUT2D eigenvalue weighted by molar-refractivity contribution is -0.112. The smallest absolute Gasteiger partial charge is 0.267 e. The minimum absolute atomic E-state index is 0.00508. The first-order chi connectivity index (χ1) is 12.6. The highest BCUT2D eigenvalue weighted by Gasteiger charge is 2.13. The molecule has 0 saturated heterocycles. The van der Waals surface area contributed by atoms with E-state index in [1.165, 1.54) is 14.2 Å². The summed E-state index contributed by atoms with van der Waals surface area (Å²) in [5.74, 6) is 0.559. The maximum absolute atomic E-state index is 12.5. The number of para-hydroxylation sites is 1. The molecule has 0 fully saturated rings. The Labute approximate surface area is 153 Å². The third kappa shape index (κ3) is 4.54. The molecule has 0 aliphatic rings. The number of rotatable bonds is 7. The first kappa shape index (κ1) is 18.9. The van der Waals surface area contributed by atoms with Crippen LogP contribution in [0.4, 0.5) is 11.4 Å². The number of hydrogen-bond donors (Lipinski definition) is 1. The third-order valence-electron chi connectivity index (χ3n) is 3.72. The molecule has 1 amide bonds. The Morgan fingerprint density at radius 2 is 1.85 bits per heavy atom. The first-order valence-electron chi connectivity index (χ1n) is 8.10. The predicted octanol–water partition coefficient (Wildman–Crippen LogP) is 3.58. The summed E-state index contributed by atoms with van der Waals surface area (Å²) in [7, 11) is 3.05. The Morgan fingerprint density at radius 3 is 2.42 bits per heavy atom. The molecule has 0 saturated carbocycles. The highest BCUT2D eigenvalue weighted by Crippen LogP contribution is 2.29. The lowest BCUT2D eigenvalue weighted by Gasteiger charge is -2.19. The van der Waals surface area contributed by atoms with Crippen LogP contribution >= 0.6 is 0 Å². The zero-order valence-electron chi connectivity index (χ0n) is 15.0. The van der Waals surface area contributed by atoms with Crippen molar-refractivity contribution in [2.24, 2.45) is 0 Å². The van der Waals surface area contributed by atoms with Crippen molar-refractivity contribution in [2.45, 2.75) is 6.92 Å². The van der Waals surface area contributed by atoms with E-state index < -0.39 is 5.91 Å². The molecule has 0 atom stereocenters. The second kappa shape index (κ2) is 9.14. The third-order valence-corrected chi connectivity index (χ3v) is 3.72. The van der Waals surface area contributed by atoms with Gasteiger partial charge in [0.25, 0.3) is 5.91 Å². The molecule has 0 bridgehead atoms. The summed E-state index contributed by atoms with van der Waals surface area (Å²) in [4.78, 5) is 14.3. The van der Waals surface area contributed by atoms with Gasteiger partial charge in [0, 0.05) is 30.2 Å². The van der Waals surface area contributed by atoms with Crippen molar-refractivity contribution < 1.29 is 14.3 Å². The number of hydrogen-bond acceptors (Lipinski definition) is 5. The van der Waals surface area contributed by atoms with Crippen LogP contribution in [0, 0.1) is 11.3 Å². The number of amides is 1. The quantitative estimate of drug-likeness (QED) is 0.610. The van der Waals surface area contributed by atoms with Crippen LogP contribution in [0.15, 0.2) is 60.3 Å². The molecular formula is C20H21N3O3. The van der Waals surface area contributed by atoms with Gasteiger partial charge in [-0.2, -0.15) is 5.26 Å². The van der Waals surface area contributed by atoms with Gasteiger partial charge >= 0.3 is 0 Å². The summed E-state index contributed by atoms with van der Waals surface area (Å²) >= 11 is 0. The lowest BCUT2D eigenvalue weighted by atomic mass is 10.2. The highest BCUT2D eigenvalue weighted by molar-refractivity contribution is 6.06. The van der Waals surface area contributed by atoms with E-state index in [2.05, 4.69) is 5.32 Å². The summed E-state index contributed by atoms with van der Waals surface area (Å²) in [6.45, 7) is 2.57. The number of benzene rings is 2. The molecule has 0 aliphatic heterocycles. The average molecular weight is 351 g/mol. The van der Waals surface area contributed by atoms with E-state index in [0.29, 0.717) is 23.7 Å². The summed E-state index contributed by atoms with van der Waals surface area (Å²) in [5.41, 5.74) is 1.42. The van der Waals surface area contributed by atoms with Gasteiger partial charge in [-0.05, 0) is 31.2 Å². The van der Waals surface area contributed by atoms with Gasteiger partial charge in [0.05, 0.1) is 14.2 Å². The molecule has 2 rings (SSSR count). The van der Waals surface area contributed by atoms with Crippen LogP contribution in [0.1, 0.15) is 6.92 Å². The van der Waals surface area contributed by atoms with E-state index in [9.17, 15) is 10.1 Å². The Balaban J connectivity index is 2.22. The van der Waals surface area contributed by atoms with Gasteiger partial charge < -0.3 is 19.7 Å². The molecule has 0 spiro atoms. The van der Waals surface area contributed by atoms with Gasteiger partial charge in [-0.15, -0.1) is 0 Å².